The van der Waals surface area contributed by atoms with Crippen molar-refractivity contribution in [2.24, 2.45) is 11.8 Å². The Morgan fingerprint density at radius 1 is 1.09 bits per heavy atom. The van der Waals surface area contributed by atoms with E-state index in [9.17, 15) is 9.50 Å². The fraction of sp³-hybridized carbons (Fsp3) is 0.500. The topological polar surface area (TPSA) is 29.5 Å². The lowest BCUT2D eigenvalue weighted by molar-refractivity contribution is 0.0997. The van der Waals surface area contributed by atoms with E-state index in [1.54, 1.807) is 0 Å². The van der Waals surface area contributed by atoms with E-state index < -0.39 is 6.67 Å². The van der Waals surface area contributed by atoms with Crippen molar-refractivity contribution in [2.45, 2.75) is 52.5 Å². The van der Waals surface area contributed by atoms with Crippen LogP contribution in [0, 0.1) is 11.8 Å². The third-order valence-corrected chi connectivity index (χ3v) is 4.90. The molecular formula is C20H25FO2. The smallest absolute Gasteiger partial charge is 0.126 e. The molecule has 0 aliphatic heterocycles. The summed E-state index contributed by atoms with van der Waals surface area (Å²) >= 11 is 0. The van der Waals surface area contributed by atoms with E-state index in [-0.39, 0.29) is 12.7 Å². The molecule has 2 aromatic rings. The maximum atomic E-state index is 13.7. The SMILES string of the molecule is C[C@@H]1C[C@H](C)C[C@@H](Oc2ccc3cc(CO)ccc3c2CF)C1. The van der Waals surface area contributed by atoms with E-state index in [0.29, 0.717) is 23.1 Å². The van der Waals surface area contributed by atoms with Crippen molar-refractivity contribution >= 4 is 10.8 Å². The molecule has 124 valence electrons. The van der Waals surface area contributed by atoms with E-state index in [4.69, 9.17) is 4.74 Å². The maximum Gasteiger partial charge on any atom is 0.126 e. The van der Waals surface area contributed by atoms with Crippen LogP contribution < -0.4 is 4.74 Å². The number of rotatable bonds is 4. The lowest BCUT2D eigenvalue weighted by atomic mass is 9.82. The first kappa shape index (κ1) is 16.3. The summed E-state index contributed by atoms with van der Waals surface area (Å²) in [6.45, 7) is 3.98. The van der Waals surface area contributed by atoms with Gasteiger partial charge in [-0.1, -0.05) is 32.0 Å². The maximum absolute atomic E-state index is 13.7. The highest BCUT2D eigenvalue weighted by Gasteiger charge is 2.26. The predicted octanol–water partition coefficient (Wildman–Crippen LogP) is 5.01. The first-order chi connectivity index (χ1) is 11.1. The summed E-state index contributed by atoms with van der Waals surface area (Å²) in [5, 5.41) is 11.1. The van der Waals surface area contributed by atoms with Crippen LogP contribution in [0.2, 0.25) is 0 Å². The Labute approximate surface area is 137 Å². The van der Waals surface area contributed by atoms with Gasteiger partial charge in [0.05, 0.1) is 12.7 Å². The second-order valence-electron chi connectivity index (χ2n) is 7.05. The number of fused-ring (bicyclic) bond motifs is 1. The van der Waals surface area contributed by atoms with Crippen molar-refractivity contribution in [3.05, 3.63) is 41.5 Å². The molecule has 23 heavy (non-hydrogen) atoms. The normalized spacial score (nSPS) is 24.8. The van der Waals surface area contributed by atoms with Crippen molar-refractivity contribution in [3.8, 4) is 5.75 Å². The van der Waals surface area contributed by atoms with E-state index >= 15 is 0 Å². The van der Waals surface area contributed by atoms with Crippen LogP contribution in [0.15, 0.2) is 30.3 Å². The molecule has 1 aliphatic rings. The molecule has 0 amide bonds. The molecule has 2 nitrogen and oxygen atoms in total. The number of hydrogen-bond donors (Lipinski definition) is 1. The number of benzene rings is 2. The van der Waals surface area contributed by atoms with Crippen LogP contribution in [0.3, 0.4) is 0 Å². The predicted molar refractivity (Wildman–Crippen MR) is 91.3 cm³/mol. The van der Waals surface area contributed by atoms with Crippen LogP contribution in [0.1, 0.15) is 44.2 Å². The van der Waals surface area contributed by atoms with E-state index in [1.165, 1.54) is 6.42 Å². The average molecular weight is 316 g/mol. The van der Waals surface area contributed by atoms with Crippen molar-refractivity contribution in [3.63, 3.8) is 0 Å². The van der Waals surface area contributed by atoms with Gasteiger partial charge >= 0.3 is 0 Å². The van der Waals surface area contributed by atoms with Gasteiger partial charge in [0.25, 0.3) is 0 Å². The molecule has 1 fully saturated rings. The molecule has 0 spiro atoms. The molecule has 0 radical (unpaired) electrons. The van der Waals surface area contributed by atoms with Crippen LogP contribution in [0.5, 0.6) is 5.75 Å². The Kier molecular flexibility index (Phi) is 4.86. The van der Waals surface area contributed by atoms with E-state index in [0.717, 1.165) is 29.2 Å². The lowest BCUT2D eigenvalue weighted by Gasteiger charge is -2.32. The largest absolute Gasteiger partial charge is 0.490 e. The number of halogens is 1. The first-order valence-corrected chi connectivity index (χ1v) is 8.48. The summed E-state index contributed by atoms with van der Waals surface area (Å²) in [5.74, 6) is 1.98. The van der Waals surface area contributed by atoms with Gasteiger partial charge in [-0.15, -0.1) is 0 Å². The second-order valence-corrected chi connectivity index (χ2v) is 7.05. The van der Waals surface area contributed by atoms with Gasteiger partial charge in [0.1, 0.15) is 12.4 Å². The van der Waals surface area contributed by atoms with E-state index in [1.807, 2.05) is 30.3 Å². The first-order valence-electron chi connectivity index (χ1n) is 8.48. The molecule has 1 saturated carbocycles. The van der Waals surface area contributed by atoms with E-state index in [2.05, 4.69) is 13.8 Å². The molecule has 0 bridgehead atoms. The Hall–Kier alpha value is -1.61. The summed E-state index contributed by atoms with van der Waals surface area (Å²) in [4.78, 5) is 0. The Balaban J connectivity index is 1.91. The monoisotopic (exact) mass is 316 g/mol. The number of ether oxygens (including phenoxy) is 1. The number of aliphatic hydroxyl groups is 1. The highest BCUT2D eigenvalue weighted by Crippen LogP contribution is 2.35. The molecule has 2 aromatic carbocycles. The minimum absolute atomic E-state index is 0.00298. The average Bonchev–Trinajstić information content (AvgIpc) is 2.53. The van der Waals surface area contributed by atoms with Gasteiger partial charge in [-0.3, -0.25) is 0 Å². The summed E-state index contributed by atoms with van der Waals surface area (Å²) < 4.78 is 19.9. The Morgan fingerprint density at radius 3 is 2.48 bits per heavy atom. The fourth-order valence-electron chi connectivity index (χ4n) is 3.92. The van der Waals surface area contributed by atoms with Gasteiger partial charge in [-0.2, -0.15) is 0 Å². The molecule has 0 saturated heterocycles. The van der Waals surface area contributed by atoms with Gasteiger partial charge in [0.15, 0.2) is 0 Å². The Bertz CT molecular complexity index is 673. The van der Waals surface area contributed by atoms with Crippen LogP contribution in [-0.2, 0) is 13.3 Å². The third-order valence-electron chi connectivity index (χ3n) is 4.90. The molecule has 3 heteroatoms. The highest BCUT2D eigenvalue weighted by molar-refractivity contribution is 5.88. The number of alkyl halides is 1. The van der Waals surface area contributed by atoms with Crippen LogP contribution in [-0.4, -0.2) is 11.2 Å². The molecule has 1 aliphatic carbocycles. The Morgan fingerprint density at radius 2 is 1.83 bits per heavy atom. The van der Waals surface area contributed by atoms with Crippen molar-refractivity contribution in [1.82, 2.24) is 0 Å². The van der Waals surface area contributed by atoms with Gasteiger partial charge in [0, 0.05) is 5.56 Å². The summed E-state index contributed by atoms with van der Waals surface area (Å²) in [5.41, 5.74) is 1.46. The second kappa shape index (κ2) is 6.88. The van der Waals surface area contributed by atoms with Crippen LogP contribution >= 0.6 is 0 Å². The summed E-state index contributed by atoms with van der Waals surface area (Å²) in [6.07, 6.45) is 3.50. The van der Waals surface area contributed by atoms with Crippen molar-refractivity contribution in [2.75, 3.05) is 0 Å². The zero-order chi connectivity index (χ0) is 16.4. The zero-order valence-electron chi connectivity index (χ0n) is 13.9. The number of hydrogen-bond acceptors (Lipinski definition) is 2. The van der Waals surface area contributed by atoms with Crippen molar-refractivity contribution in [1.29, 1.82) is 0 Å². The molecule has 0 aromatic heterocycles. The molecule has 1 N–H and O–H groups in total. The minimum Gasteiger partial charge on any atom is -0.490 e. The summed E-state index contributed by atoms with van der Waals surface area (Å²) in [7, 11) is 0. The molecule has 0 unspecified atom stereocenters. The number of aliphatic hydroxyl groups excluding tert-OH is 1. The fourth-order valence-corrected chi connectivity index (χ4v) is 3.92. The third kappa shape index (κ3) is 3.50. The van der Waals surface area contributed by atoms with Gasteiger partial charge in [-0.05, 0) is 59.6 Å². The molecule has 0 heterocycles. The quantitative estimate of drug-likeness (QED) is 0.859. The van der Waals surface area contributed by atoms with Crippen LogP contribution in [0.4, 0.5) is 4.39 Å². The van der Waals surface area contributed by atoms with Gasteiger partial charge in [0.2, 0.25) is 0 Å². The molecule has 3 rings (SSSR count). The zero-order valence-corrected chi connectivity index (χ0v) is 13.9. The molecule has 3 atom stereocenters. The standard InChI is InChI=1S/C20H25FO2/c1-13-7-14(2)9-17(8-13)23-20-6-4-16-10-15(12-22)3-5-18(16)19(20)11-21/h3-6,10,13-14,17,22H,7-9,11-12H2,1-2H3/t13-,14+,17+. The highest BCUT2D eigenvalue weighted by atomic mass is 19.1. The lowest BCUT2D eigenvalue weighted by Crippen LogP contribution is -2.28. The van der Waals surface area contributed by atoms with Gasteiger partial charge < -0.3 is 9.84 Å². The van der Waals surface area contributed by atoms with Gasteiger partial charge in [-0.25, -0.2) is 4.39 Å². The van der Waals surface area contributed by atoms with Crippen LogP contribution in [0.25, 0.3) is 10.8 Å². The summed E-state index contributed by atoms with van der Waals surface area (Å²) in [6, 6.07) is 9.47. The minimum atomic E-state index is -0.539. The van der Waals surface area contributed by atoms with Crippen molar-refractivity contribution < 1.29 is 14.2 Å². The molecular weight excluding hydrogens is 291 g/mol.